The van der Waals surface area contributed by atoms with Gasteiger partial charge in [0.15, 0.2) is 0 Å². The molecule has 3 aromatic rings. The first kappa shape index (κ1) is 13.0. The number of aromatic nitrogens is 1. The average molecular weight is 277 g/mol. The number of fused-ring (bicyclic) bond motifs is 1. The molecular formula is C17H11NO3. The van der Waals surface area contributed by atoms with E-state index in [0.717, 1.165) is 5.39 Å². The summed E-state index contributed by atoms with van der Waals surface area (Å²) in [4.78, 5) is 28.0. The molecule has 0 unspecified atom stereocenters. The van der Waals surface area contributed by atoms with Gasteiger partial charge in [-0.15, -0.1) is 0 Å². The molecule has 3 rings (SSSR count). The van der Waals surface area contributed by atoms with Gasteiger partial charge in [0.25, 0.3) is 0 Å². The van der Waals surface area contributed by atoms with Gasteiger partial charge in [-0.25, -0.2) is 14.6 Å². The Kier molecular flexibility index (Phi) is 3.43. The molecule has 0 spiro atoms. The number of hydrogen-bond donors (Lipinski definition) is 0. The van der Waals surface area contributed by atoms with Gasteiger partial charge in [0.1, 0.15) is 5.69 Å². The van der Waals surface area contributed by atoms with E-state index >= 15 is 0 Å². The molecule has 0 aliphatic heterocycles. The van der Waals surface area contributed by atoms with Gasteiger partial charge in [0.05, 0.1) is 11.1 Å². The molecule has 0 radical (unpaired) electrons. The largest absolute Gasteiger partial charge is 0.385 e. The molecule has 0 amide bonds. The summed E-state index contributed by atoms with van der Waals surface area (Å²) >= 11 is 0. The Hall–Kier alpha value is -3.01. The fraction of sp³-hybridized carbons (Fsp3) is 0. The number of carbonyl (C=O) groups is 2. The van der Waals surface area contributed by atoms with Crippen molar-refractivity contribution in [1.29, 1.82) is 0 Å². The Morgan fingerprint density at radius 3 is 2.29 bits per heavy atom. The molecule has 1 heterocycles. The number of esters is 2. The lowest BCUT2D eigenvalue weighted by atomic mass is 10.2. The van der Waals surface area contributed by atoms with E-state index in [0.29, 0.717) is 11.1 Å². The van der Waals surface area contributed by atoms with Gasteiger partial charge in [-0.2, -0.15) is 0 Å². The van der Waals surface area contributed by atoms with Crippen LogP contribution in [0.5, 0.6) is 0 Å². The third kappa shape index (κ3) is 2.79. The Morgan fingerprint density at radius 2 is 1.48 bits per heavy atom. The highest BCUT2D eigenvalue weighted by Gasteiger charge is 2.16. The number of pyridine rings is 1. The Labute approximate surface area is 121 Å². The van der Waals surface area contributed by atoms with E-state index in [4.69, 9.17) is 4.74 Å². The van der Waals surface area contributed by atoms with Crippen LogP contribution in [0.2, 0.25) is 0 Å². The van der Waals surface area contributed by atoms with Gasteiger partial charge in [-0.1, -0.05) is 42.5 Å². The van der Waals surface area contributed by atoms with Gasteiger partial charge in [0, 0.05) is 5.39 Å². The van der Waals surface area contributed by atoms with Crippen molar-refractivity contribution in [3.8, 4) is 0 Å². The van der Waals surface area contributed by atoms with Crippen LogP contribution in [0.25, 0.3) is 10.9 Å². The maximum atomic E-state index is 12.0. The Bertz CT molecular complexity index is 812. The summed E-state index contributed by atoms with van der Waals surface area (Å²) in [5.74, 6) is -1.44. The van der Waals surface area contributed by atoms with Gasteiger partial charge in [-0.3, -0.25) is 0 Å². The lowest BCUT2D eigenvalue weighted by Gasteiger charge is -2.03. The summed E-state index contributed by atoms with van der Waals surface area (Å²) in [5.41, 5.74) is 1.11. The molecule has 4 heteroatoms. The zero-order chi connectivity index (χ0) is 14.7. The average Bonchev–Trinajstić information content (AvgIpc) is 2.55. The van der Waals surface area contributed by atoms with Gasteiger partial charge < -0.3 is 4.74 Å². The number of carbonyl (C=O) groups excluding carboxylic acids is 2. The summed E-state index contributed by atoms with van der Waals surface area (Å²) in [6.07, 6.45) is 0. The predicted octanol–water partition coefficient (Wildman–Crippen LogP) is 3.23. The second kappa shape index (κ2) is 5.54. The quantitative estimate of drug-likeness (QED) is 0.533. The summed E-state index contributed by atoms with van der Waals surface area (Å²) in [7, 11) is 0. The lowest BCUT2D eigenvalue weighted by molar-refractivity contribution is 0.0394. The first-order valence-corrected chi connectivity index (χ1v) is 6.41. The van der Waals surface area contributed by atoms with Crippen molar-refractivity contribution in [2.45, 2.75) is 0 Å². The van der Waals surface area contributed by atoms with Crippen molar-refractivity contribution < 1.29 is 14.3 Å². The van der Waals surface area contributed by atoms with Crippen LogP contribution in [0.1, 0.15) is 20.8 Å². The molecule has 0 fully saturated rings. The second-order valence-corrected chi connectivity index (χ2v) is 4.43. The molecule has 0 bridgehead atoms. The normalized spacial score (nSPS) is 10.3. The molecule has 21 heavy (non-hydrogen) atoms. The van der Waals surface area contributed by atoms with Crippen LogP contribution >= 0.6 is 0 Å². The summed E-state index contributed by atoms with van der Waals surface area (Å²) in [5, 5.41) is 0.920. The maximum absolute atomic E-state index is 12.0. The molecular weight excluding hydrogens is 266 g/mol. The minimum absolute atomic E-state index is 0.109. The molecule has 0 saturated carbocycles. The Morgan fingerprint density at radius 1 is 0.762 bits per heavy atom. The minimum Gasteiger partial charge on any atom is -0.385 e. The molecule has 0 aliphatic carbocycles. The summed E-state index contributed by atoms with van der Waals surface area (Å²) in [6, 6.07) is 19.1. The molecule has 4 nitrogen and oxygen atoms in total. The van der Waals surface area contributed by atoms with E-state index < -0.39 is 11.9 Å². The van der Waals surface area contributed by atoms with E-state index in [2.05, 4.69) is 4.98 Å². The monoisotopic (exact) mass is 277 g/mol. The second-order valence-electron chi connectivity index (χ2n) is 4.43. The zero-order valence-corrected chi connectivity index (χ0v) is 11.0. The number of para-hydroxylation sites is 1. The number of rotatable bonds is 2. The van der Waals surface area contributed by atoms with Crippen molar-refractivity contribution in [2.75, 3.05) is 0 Å². The number of benzene rings is 2. The summed E-state index contributed by atoms with van der Waals surface area (Å²) < 4.78 is 4.83. The SMILES string of the molecule is O=C(OC(=O)c1ccc2ccccc2n1)c1ccccc1. The van der Waals surface area contributed by atoms with E-state index in [1.54, 1.807) is 48.5 Å². The third-order valence-corrected chi connectivity index (χ3v) is 3.00. The van der Waals surface area contributed by atoms with E-state index in [9.17, 15) is 9.59 Å². The minimum atomic E-state index is -0.755. The standard InChI is InChI=1S/C17H11NO3/c19-16(13-7-2-1-3-8-13)21-17(20)15-11-10-12-6-4-5-9-14(12)18-15/h1-11H. The maximum Gasteiger partial charge on any atom is 0.364 e. The van der Waals surface area contributed by atoms with Crippen molar-refractivity contribution in [3.63, 3.8) is 0 Å². The van der Waals surface area contributed by atoms with Gasteiger partial charge >= 0.3 is 11.9 Å². The van der Waals surface area contributed by atoms with Crippen LogP contribution in [0.15, 0.2) is 66.7 Å². The number of ether oxygens (including phenoxy) is 1. The number of nitrogens with zero attached hydrogens (tertiary/aromatic N) is 1. The van der Waals surface area contributed by atoms with E-state index in [1.165, 1.54) is 0 Å². The van der Waals surface area contributed by atoms with Gasteiger partial charge in [-0.05, 0) is 24.3 Å². The fourth-order valence-electron chi connectivity index (χ4n) is 1.95. The molecule has 0 saturated heterocycles. The highest BCUT2D eigenvalue weighted by molar-refractivity contribution is 6.02. The van der Waals surface area contributed by atoms with Crippen molar-refractivity contribution in [3.05, 3.63) is 78.0 Å². The van der Waals surface area contributed by atoms with Crippen molar-refractivity contribution >= 4 is 22.8 Å². The molecule has 0 aliphatic rings. The van der Waals surface area contributed by atoms with Crippen molar-refractivity contribution in [1.82, 2.24) is 4.98 Å². The predicted molar refractivity (Wildman–Crippen MR) is 77.9 cm³/mol. The highest BCUT2D eigenvalue weighted by Crippen LogP contribution is 2.13. The van der Waals surface area contributed by atoms with E-state index in [1.807, 2.05) is 18.2 Å². The van der Waals surface area contributed by atoms with Crippen LogP contribution in [0.3, 0.4) is 0 Å². The first-order valence-electron chi connectivity index (χ1n) is 6.41. The van der Waals surface area contributed by atoms with Crippen LogP contribution in [0.4, 0.5) is 0 Å². The zero-order valence-electron chi connectivity index (χ0n) is 11.0. The van der Waals surface area contributed by atoms with Crippen LogP contribution in [-0.2, 0) is 4.74 Å². The van der Waals surface area contributed by atoms with Crippen LogP contribution < -0.4 is 0 Å². The molecule has 1 aromatic heterocycles. The highest BCUT2D eigenvalue weighted by atomic mass is 16.6. The number of hydrogen-bond acceptors (Lipinski definition) is 4. The first-order chi connectivity index (χ1) is 10.2. The molecule has 0 atom stereocenters. The third-order valence-electron chi connectivity index (χ3n) is 3.00. The van der Waals surface area contributed by atoms with Gasteiger partial charge in [0.2, 0.25) is 0 Å². The Balaban J connectivity index is 1.82. The summed E-state index contributed by atoms with van der Waals surface area (Å²) in [6.45, 7) is 0. The van der Waals surface area contributed by atoms with Crippen molar-refractivity contribution in [2.24, 2.45) is 0 Å². The molecule has 0 N–H and O–H groups in total. The topological polar surface area (TPSA) is 56.3 Å². The molecule has 2 aromatic carbocycles. The molecule has 102 valence electrons. The fourth-order valence-corrected chi connectivity index (χ4v) is 1.95. The van der Waals surface area contributed by atoms with Crippen LogP contribution in [0, 0.1) is 0 Å². The lowest BCUT2D eigenvalue weighted by Crippen LogP contribution is -2.14. The van der Waals surface area contributed by atoms with Crippen LogP contribution in [-0.4, -0.2) is 16.9 Å². The van der Waals surface area contributed by atoms with E-state index in [-0.39, 0.29) is 5.69 Å². The smallest absolute Gasteiger partial charge is 0.364 e.